The maximum absolute atomic E-state index is 9.52. The molecular weight excluding hydrogens is 84.0 g/mol. The van der Waals surface area contributed by atoms with E-state index >= 15 is 0 Å². The smallest absolute Gasteiger partial charge is 0.304 e. The number of nitrogens with two attached hydrogens (primary N) is 1. The maximum Gasteiger partial charge on any atom is 0.304 e. The lowest BCUT2D eigenvalue weighted by molar-refractivity contribution is -0.136. The first-order valence-electron chi connectivity index (χ1n) is 1.69. The van der Waals surface area contributed by atoms with Gasteiger partial charge in [0.2, 0.25) is 0 Å². The minimum absolute atomic E-state index is 0.0694. The van der Waals surface area contributed by atoms with Crippen molar-refractivity contribution in [2.75, 3.05) is 6.54 Å². The van der Waals surface area contributed by atoms with Crippen LogP contribution in [0.3, 0.4) is 0 Å². The number of carboxylic acid groups (broad SMARTS) is 1. The zero-order valence-electron chi connectivity index (χ0n) is 3.35. The summed E-state index contributed by atoms with van der Waals surface area (Å²) >= 11 is 0. The summed E-state index contributed by atoms with van der Waals surface area (Å²) in [5, 5.41) is 7.83. The van der Waals surface area contributed by atoms with E-state index in [2.05, 4.69) is 0 Å². The molecule has 0 atom stereocenters. The Bertz CT molecular complexity index is 52.8. The molecule has 0 saturated carbocycles. The van der Waals surface area contributed by atoms with Gasteiger partial charge in [-0.2, -0.15) is 0 Å². The van der Waals surface area contributed by atoms with Gasteiger partial charge in [0.1, 0.15) is 0 Å². The third-order valence-electron chi connectivity index (χ3n) is 0.358. The van der Waals surface area contributed by atoms with Crippen molar-refractivity contribution in [2.24, 2.45) is 5.73 Å². The van der Waals surface area contributed by atoms with E-state index in [9.17, 15) is 4.79 Å². The summed E-state index contributed by atoms with van der Waals surface area (Å²) in [6.07, 6.45) is 0.0694. The van der Waals surface area contributed by atoms with Crippen LogP contribution in [0.5, 0.6) is 0 Å². The average molecular weight is 91.1 g/mol. The first-order chi connectivity index (χ1) is 2.77. The van der Waals surface area contributed by atoms with Crippen molar-refractivity contribution in [3.63, 3.8) is 0 Å². The summed E-state index contributed by atoms with van der Waals surface area (Å²) in [6, 6.07) is 0. The van der Waals surface area contributed by atoms with Crippen LogP contribution in [0.15, 0.2) is 0 Å². The van der Waals surface area contributed by atoms with Crippen LogP contribution in [0.4, 0.5) is 0 Å². The molecule has 3 N–H and O–H groups in total. The standard InChI is InChI=1S/C3H7NO2/c4-2-1-3(5)6/h1-2,4H2,(H,5,6)/i2+1,4+1. The maximum atomic E-state index is 9.52. The van der Waals surface area contributed by atoms with Crippen molar-refractivity contribution in [3.8, 4) is 0 Å². The van der Waals surface area contributed by atoms with Crippen LogP contribution in [-0.4, -0.2) is 17.6 Å². The SMILES string of the molecule is [15NH2][13CH2]CC(=O)O. The Balaban J connectivity index is 2.83. The fraction of sp³-hybridized carbons (Fsp3) is 0.667. The largest absolute Gasteiger partial charge is 0.481 e. The third kappa shape index (κ3) is 3.43. The fourth-order valence-electron chi connectivity index (χ4n) is 0.123. The van der Waals surface area contributed by atoms with Crippen molar-refractivity contribution in [1.29, 1.82) is 0 Å². The van der Waals surface area contributed by atoms with Crippen molar-refractivity contribution in [2.45, 2.75) is 6.42 Å². The van der Waals surface area contributed by atoms with Gasteiger partial charge >= 0.3 is 5.97 Å². The molecule has 0 bridgehead atoms. The fourth-order valence-corrected chi connectivity index (χ4v) is 0.123. The molecule has 0 aliphatic heterocycles. The van der Waals surface area contributed by atoms with Crippen LogP contribution in [-0.2, 0) is 4.79 Å². The lowest BCUT2D eigenvalue weighted by atomic mass is 10.6. The van der Waals surface area contributed by atoms with Crippen LogP contribution in [0.1, 0.15) is 6.42 Å². The number of aliphatic carboxylic acids is 1. The second-order valence-electron chi connectivity index (χ2n) is 0.932. The van der Waals surface area contributed by atoms with Gasteiger partial charge in [0.25, 0.3) is 0 Å². The molecule has 0 aromatic rings. The normalized spacial score (nSPS) is 8.17. The van der Waals surface area contributed by atoms with Crippen molar-refractivity contribution in [1.82, 2.24) is 0 Å². The number of hydrogen-bond acceptors (Lipinski definition) is 2. The van der Waals surface area contributed by atoms with Crippen LogP contribution >= 0.6 is 0 Å². The third-order valence-corrected chi connectivity index (χ3v) is 0.358. The second kappa shape index (κ2) is 2.66. The zero-order chi connectivity index (χ0) is 4.99. The van der Waals surface area contributed by atoms with Gasteiger partial charge in [-0.3, -0.25) is 4.79 Å². The highest BCUT2D eigenvalue weighted by molar-refractivity contribution is 5.66. The Hall–Kier alpha value is -0.570. The average Bonchev–Trinajstić information content (AvgIpc) is 1.35. The highest BCUT2D eigenvalue weighted by Crippen LogP contribution is 1.67. The van der Waals surface area contributed by atoms with Gasteiger partial charge in [-0.25, -0.2) is 0 Å². The Morgan fingerprint density at radius 3 is 2.33 bits per heavy atom. The minimum Gasteiger partial charge on any atom is -0.481 e. The molecule has 36 valence electrons. The van der Waals surface area contributed by atoms with Crippen molar-refractivity contribution < 1.29 is 9.90 Å². The number of carboxylic acids is 1. The molecule has 3 nitrogen and oxygen atoms in total. The van der Waals surface area contributed by atoms with Gasteiger partial charge in [-0.05, 0) is 0 Å². The molecule has 0 aromatic carbocycles. The Morgan fingerprint density at radius 2 is 2.33 bits per heavy atom. The molecule has 0 radical (unpaired) electrons. The molecule has 6 heavy (non-hydrogen) atoms. The predicted octanol–water partition coefficient (Wildman–Crippen LogP) is -0.580. The van der Waals surface area contributed by atoms with Gasteiger partial charge in [0.05, 0.1) is 6.42 Å². The topological polar surface area (TPSA) is 63.3 Å². The summed E-state index contributed by atoms with van der Waals surface area (Å²) in [5.74, 6) is -0.836. The van der Waals surface area contributed by atoms with E-state index in [1.165, 1.54) is 0 Å². The lowest BCUT2D eigenvalue weighted by Crippen LogP contribution is -2.05. The van der Waals surface area contributed by atoms with E-state index in [0.717, 1.165) is 0 Å². The Labute approximate surface area is 35.8 Å². The van der Waals surface area contributed by atoms with Crippen molar-refractivity contribution >= 4 is 5.97 Å². The molecule has 0 unspecified atom stereocenters. The van der Waals surface area contributed by atoms with Gasteiger partial charge in [0.15, 0.2) is 0 Å². The molecule has 0 spiro atoms. The Kier molecular flexibility index (Phi) is 2.40. The Morgan fingerprint density at radius 1 is 1.83 bits per heavy atom. The van der Waals surface area contributed by atoms with Crippen molar-refractivity contribution in [3.05, 3.63) is 0 Å². The van der Waals surface area contributed by atoms with E-state index in [0.29, 0.717) is 0 Å². The molecule has 0 rings (SSSR count). The van der Waals surface area contributed by atoms with Gasteiger partial charge in [0, 0.05) is 6.54 Å². The van der Waals surface area contributed by atoms with E-state index < -0.39 is 5.97 Å². The quantitative estimate of drug-likeness (QED) is 0.353. The second-order valence-corrected chi connectivity index (χ2v) is 0.932. The van der Waals surface area contributed by atoms with Gasteiger partial charge in [-0.1, -0.05) is 0 Å². The molecule has 3 heteroatoms. The minimum atomic E-state index is -0.836. The highest BCUT2D eigenvalue weighted by atomic mass is 16.4. The molecular formula is C3H7NO2. The summed E-state index contributed by atoms with van der Waals surface area (Å²) in [6.45, 7) is 0.231. The van der Waals surface area contributed by atoms with Crippen LogP contribution < -0.4 is 5.73 Å². The molecule has 0 aliphatic rings. The summed E-state index contributed by atoms with van der Waals surface area (Å²) < 4.78 is 0. The van der Waals surface area contributed by atoms with Crippen LogP contribution in [0.2, 0.25) is 0 Å². The molecule has 0 amide bonds. The number of rotatable bonds is 2. The lowest BCUT2D eigenvalue weighted by Gasteiger charge is -1.80. The van der Waals surface area contributed by atoms with Gasteiger partial charge < -0.3 is 10.8 Å². The summed E-state index contributed by atoms with van der Waals surface area (Å²) in [4.78, 5) is 9.52. The van der Waals surface area contributed by atoms with E-state index in [-0.39, 0.29) is 13.0 Å². The predicted molar refractivity (Wildman–Crippen MR) is 21.3 cm³/mol. The monoisotopic (exact) mass is 91.0 g/mol. The summed E-state index contributed by atoms with van der Waals surface area (Å²) in [7, 11) is 0. The first-order valence-corrected chi connectivity index (χ1v) is 1.69. The van der Waals surface area contributed by atoms with E-state index in [1.54, 1.807) is 0 Å². The van der Waals surface area contributed by atoms with E-state index in [1.807, 2.05) is 0 Å². The van der Waals surface area contributed by atoms with E-state index in [4.69, 9.17) is 10.8 Å². The van der Waals surface area contributed by atoms with Gasteiger partial charge in [-0.15, -0.1) is 0 Å². The molecule has 0 heterocycles. The molecule has 0 fully saturated rings. The number of hydrogen-bond donors (Lipinski definition) is 2. The first kappa shape index (κ1) is 5.43. The summed E-state index contributed by atoms with van der Waals surface area (Å²) in [5.41, 5.74) is 4.85. The van der Waals surface area contributed by atoms with Crippen LogP contribution in [0, 0.1) is 0 Å². The molecule has 0 saturated heterocycles. The number of carbonyl (C=O) groups is 1. The highest BCUT2D eigenvalue weighted by Gasteiger charge is 1.87. The molecule has 0 aliphatic carbocycles. The van der Waals surface area contributed by atoms with Crippen LogP contribution in [0.25, 0.3) is 0 Å². The zero-order valence-corrected chi connectivity index (χ0v) is 3.35. The molecule has 0 aromatic heterocycles.